The Morgan fingerprint density at radius 2 is 1.90 bits per heavy atom. The van der Waals surface area contributed by atoms with Crippen LogP contribution in [0.2, 0.25) is 0 Å². The number of amides is 2. The Bertz CT molecular complexity index is 1190. The topological polar surface area (TPSA) is 87.0 Å². The summed E-state index contributed by atoms with van der Waals surface area (Å²) < 4.78 is 28.1. The number of piperazine rings is 1. The zero-order valence-electron chi connectivity index (χ0n) is 16.4. The van der Waals surface area contributed by atoms with Crippen LogP contribution < -0.4 is 10.9 Å². The number of nitrogens with one attached hydrogen (secondary N) is 1. The van der Waals surface area contributed by atoms with Crippen LogP contribution in [0.25, 0.3) is 4.96 Å². The SMILES string of the molecule is O=C(NCC(=O)N1CCN(Cc2cc(=O)n3ccsc3n2)CC1)c1ccc(F)cc1F. The van der Waals surface area contributed by atoms with E-state index in [9.17, 15) is 23.2 Å². The average molecular weight is 447 g/mol. The van der Waals surface area contributed by atoms with Crippen molar-refractivity contribution in [3.63, 3.8) is 0 Å². The highest BCUT2D eigenvalue weighted by atomic mass is 32.1. The Balaban J connectivity index is 1.27. The monoisotopic (exact) mass is 447 g/mol. The summed E-state index contributed by atoms with van der Waals surface area (Å²) in [5.41, 5.74) is 0.245. The summed E-state index contributed by atoms with van der Waals surface area (Å²) in [5.74, 6) is -2.82. The maximum Gasteiger partial charge on any atom is 0.258 e. The number of nitrogens with zero attached hydrogens (tertiary/aromatic N) is 4. The molecule has 0 unspecified atom stereocenters. The van der Waals surface area contributed by atoms with Crippen LogP contribution in [0.4, 0.5) is 8.78 Å². The first-order chi connectivity index (χ1) is 14.9. The molecule has 1 N–H and O–H groups in total. The van der Waals surface area contributed by atoms with Gasteiger partial charge >= 0.3 is 0 Å². The summed E-state index contributed by atoms with van der Waals surface area (Å²) in [6.45, 7) is 2.34. The van der Waals surface area contributed by atoms with Crippen molar-refractivity contribution in [3.05, 3.63) is 69.1 Å². The van der Waals surface area contributed by atoms with E-state index in [0.29, 0.717) is 49.4 Å². The Labute approximate surface area is 179 Å². The third-order valence-electron chi connectivity index (χ3n) is 5.04. The molecule has 0 atom stereocenters. The highest BCUT2D eigenvalue weighted by Crippen LogP contribution is 2.11. The van der Waals surface area contributed by atoms with E-state index in [1.165, 1.54) is 21.8 Å². The van der Waals surface area contributed by atoms with Crippen LogP contribution in [0.5, 0.6) is 0 Å². The molecule has 0 bridgehead atoms. The fraction of sp³-hybridized carbons (Fsp3) is 0.300. The molecule has 3 heterocycles. The van der Waals surface area contributed by atoms with Gasteiger partial charge in [-0.15, -0.1) is 11.3 Å². The summed E-state index contributed by atoms with van der Waals surface area (Å²) in [6, 6.07) is 4.16. The van der Waals surface area contributed by atoms with Crippen LogP contribution in [-0.4, -0.2) is 63.7 Å². The summed E-state index contributed by atoms with van der Waals surface area (Å²) >= 11 is 1.39. The number of halogens is 2. The minimum absolute atomic E-state index is 0.122. The molecular formula is C20H19F2N5O3S. The Morgan fingerprint density at radius 1 is 1.13 bits per heavy atom. The Morgan fingerprint density at radius 3 is 2.65 bits per heavy atom. The molecule has 3 aromatic rings. The summed E-state index contributed by atoms with van der Waals surface area (Å²) in [7, 11) is 0. The van der Waals surface area contributed by atoms with Gasteiger partial charge in [-0.2, -0.15) is 0 Å². The highest BCUT2D eigenvalue weighted by molar-refractivity contribution is 7.15. The van der Waals surface area contributed by atoms with Crippen molar-refractivity contribution in [2.45, 2.75) is 6.54 Å². The quantitative estimate of drug-likeness (QED) is 0.633. The molecule has 1 aliphatic heterocycles. The average Bonchev–Trinajstić information content (AvgIpc) is 3.21. The first-order valence-corrected chi connectivity index (χ1v) is 10.5. The third-order valence-corrected chi connectivity index (χ3v) is 5.80. The molecule has 2 amide bonds. The molecule has 11 heteroatoms. The van der Waals surface area contributed by atoms with Gasteiger partial charge in [0.05, 0.1) is 17.8 Å². The van der Waals surface area contributed by atoms with E-state index in [1.807, 2.05) is 0 Å². The fourth-order valence-electron chi connectivity index (χ4n) is 3.39. The molecule has 1 aromatic carbocycles. The van der Waals surface area contributed by atoms with Gasteiger partial charge in [0, 0.05) is 56.4 Å². The van der Waals surface area contributed by atoms with E-state index in [0.717, 1.165) is 12.1 Å². The maximum absolute atomic E-state index is 13.7. The molecule has 162 valence electrons. The Kier molecular flexibility index (Phi) is 6.05. The smallest absolute Gasteiger partial charge is 0.258 e. The second-order valence-corrected chi connectivity index (χ2v) is 7.98. The van der Waals surface area contributed by atoms with Gasteiger partial charge in [-0.3, -0.25) is 23.7 Å². The lowest BCUT2D eigenvalue weighted by atomic mass is 10.2. The molecule has 1 aliphatic rings. The van der Waals surface area contributed by atoms with Crippen LogP contribution >= 0.6 is 11.3 Å². The number of carbonyl (C=O) groups excluding carboxylic acids is 2. The van der Waals surface area contributed by atoms with Gasteiger partial charge in [0.15, 0.2) is 4.96 Å². The normalized spacial score (nSPS) is 14.7. The van der Waals surface area contributed by atoms with E-state index >= 15 is 0 Å². The van der Waals surface area contributed by atoms with Gasteiger partial charge in [-0.05, 0) is 12.1 Å². The standard InChI is InChI=1S/C20H19F2N5O3S/c21-13-1-2-15(16(22)9-13)19(30)23-11-18(29)26-5-3-25(4-6-26)12-14-10-17(28)27-7-8-31-20(27)24-14/h1-2,7-10H,3-6,11-12H2,(H,23,30). The summed E-state index contributed by atoms with van der Waals surface area (Å²) in [4.78, 5) is 45.4. The largest absolute Gasteiger partial charge is 0.343 e. The van der Waals surface area contributed by atoms with Gasteiger partial charge in [-0.25, -0.2) is 13.8 Å². The predicted molar refractivity (Wildman–Crippen MR) is 110 cm³/mol. The molecule has 0 spiro atoms. The zero-order chi connectivity index (χ0) is 22.0. The number of hydrogen-bond donors (Lipinski definition) is 1. The van der Waals surface area contributed by atoms with Crippen molar-refractivity contribution in [2.24, 2.45) is 0 Å². The summed E-state index contributed by atoms with van der Waals surface area (Å²) in [6.07, 6.45) is 1.69. The lowest BCUT2D eigenvalue weighted by Crippen LogP contribution is -2.51. The van der Waals surface area contributed by atoms with Crippen molar-refractivity contribution in [1.29, 1.82) is 0 Å². The van der Waals surface area contributed by atoms with Crippen LogP contribution in [0.3, 0.4) is 0 Å². The number of thiazole rings is 1. The van der Waals surface area contributed by atoms with Crippen LogP contribution in [0.15, 0.2) is 40.6 Å². The van der Waals surface area contributed by atoms with E-state index < -0.39 is 17.5 Å². The number of benzene rings is 1. The second kappa shape index (κ2) is 8.90. The molecule has 1 fully saturated rings. The molecule has 1 saturated heterocycles. The molecule has 8 nitrogen and oxygen atoms in total. The molecule has 0 radical (unpaired) electrons. The maximum atomic E-state index is 13.7. The third kappa shape index (κ3) is 4.78. The van der Waals surface area contributed by atoms with Crippen molar-refractivity contribution in [3.8, 4) is 0 Å². The van der Waals surface area contributed by atoms with E-state index in [4.69, 9.17) is 0 Å². The van der Waals surface area contributed by atoms with Gasteiger partial charge in [0.2, 0.25) is 5.91 Å². The van der Waals surface area contributed by atoms with Gasteiger partial charge in [0.25, 0.3) is 11.5 Å². The van der Waals surface area contributed by atoms with Crippen LogP contribution in [0, 0.1) is 11.6 Å². The number of fused-ring (bicyclic) bond motifs is 1. The van der Waals surface area contributed by atoms with E-state index in [2.05, 4.69) is 15.2 Å². The zero-order valence-corrected chi connectivity index (χ0v) is 17.2. The summed E-state index contributed by atoms with van der Waals surface area (Å²) in [5, 5.41) is 4.18. The number of rotatable bonds is 5. The van der Waals surface area contributed by atoms with Gasteiger partial charge in [0.1, 0.15) is 11.6 Å². The van der Waals surface area contributed by atoms with E-state index in [1.54, 1.807) is 16.5 Å². The molecule has 31 heavy (non-hydrogen) atoms. The van der Waals surface area contributed by atoms with Gasteiger partial charge < -0.3 is 10.2 Å². The molecule has 4 rings (SSSR count). The number of hydrogen-bond acceptors (Lipinski definition) is 6. The van der Waals surface area contributed by atoms with Crippen molar-refractivity contribution in [1.82, 2.24) is 24.5 Å². The van der Waals surface area contributed by atoms with Crippen molar-refractivity contribution < 1.29 is 18.4 Å². The highest BCUT2D eigenvalue weighted by Gasteiger charge is 2.22. The first kappa shape index (κ1) is 21.1. The second-order valence-electron chi connectivity index (χ2n) is 7.11. The number of carbonyl (C=O) groups is 2. The van der Waals surface area contributed by atoms with Crippen molar-refractivity contribution in [2.75, 3.05) is 32.7 Å². The minimum Gasteiger partial charge on any atom is -0.343 e. The minimum atomic E-state index is -0.979. The van der Waals surface area contributed by atoms with E-state index in [-0.39, 0.29) is 23.6 Å². The molecule has 0 saturated carbocycles. The molecule has 2 aromatic heterocycles. The van der Waals surface area contributed by atoms with Crippen molar-refractivity contribution >= 4 is 28.1 Å². The lowest BCUT2D eigenvalue weighted by Gasteiger charge is -2.34. The van der Waals surface area contributed by atoms with Crippen LogP contribution in [0.1, 0.15) is 16.1 Å². The fourth-order valence-corrected chi connectivity index (χ4v) is 4.13. The predicted octanol–water partition coefficient (Wildman–Crippen LogP) is 1.11. The van der Waals surface area contributed by atoms with Crippen LogP contribution in [-0.2, 0) is 11.3 Å². The van der Waals surface area contributed by atoms with Gasteiger partial charge in [-0.1, -0.05) is 0 Å². The lowest BCUT2D eigenvalue weighted by molar-refractivity contribution is -0.131. The Hall–Kier alpha value is -3.18. The molecular weight excluding hydrogens is 428 g/mol. The number of aromatic nitrogens is 2. The first-order valence-electron chi connectivity index (χ1n) is 9.60. The molecule has 0 aliphatic carbocycles.